The van der Waals surface area contributed by atoms with E-state index < -0.39 is 0 Å². The standard InChI is InChI=1S/C13H16N2OS/c1-15(8-4-7-14)13(16)12-9-10-5-2-3-6-11(10)17-12/h9H,2-6,8H2,1H3. The van der Waals surface area contributed by atoms with Crippen LogP contribution in [0.3, 0.4) is 0 Å². The Morgan fingerprint density at radius 1 is 1.53 bits per heavy atom. The Hall–Kier alpha value is -1.34. The Balaban J connectivity index is 2.09. The number of fused-ring (bicyclic) bond motifs is 1. The number of thiophene rings is 1. The van der Waals surface area contributed by atoms with Crippen molar-refractivity contribution in [2.24, 2.45) is 0 Å². The van der Waals surface area contributed by atoms with Crippen molar-refractivity contribution in [1.29, 1.82) is 5.26 Å². The molecule has 0 saturated heterocycles. The summed E-state index contributed by atoms with van der Waals surface area (Å²) in [7, 11) is 1.76. The molecule has 0 N–H and O–H groups in total. The third kappa shape index (κ3) is 2.67. The zero-order valence-corrected chi connectivity index (χ0v) is 10.8. The minimum atomic E-state index is 0.0552. The zero-order valence-electron chi connectivity index (χ0n) is 10.0. The summed E-state index contributed by atoms with van der Waals surface area (Å²) in [5.74, 6) is 0.0552. The Labute approximate surface area is 106 Å². The fourth-order valence-corrected chi connectivity index (χ4v) is 3.35. The van der Waals surface area contributed by atoms with Gasteiger partial charge >= 0.3 is 0 Å². The van der Waals surface area contributed by atoms with E-state index in [1.54, 1.807) is 23.3 Å². The van der Waals surface area contributed by atoms with Gasteiger partial charge in [-0.05, 0) is 37.3 Å². The lowest BCUT2D eigenvalue weighted by molar-refractivity contribution is 0.0802. The van der Waals surface area contributed by atoms with Crippen molar-refractivity contribution in [2.75, 3.05) is 13.6 Å². The minimum Gasteiger partial charge on any atom is -0.340 e. The monoisotopic (exact) mass is 248 g/mol. The number of nitriles is 1. The molecule has 0 saturated carbocycles. The SMILES string of the molecule is CN(CCC#N)C(=O)c1cc2c(s1)CCCC2. The van der Waals surface area contributed by atoms with Crippen LogP contribution in [0.5, 0.6) is 0 Å². The van der Waals surface area contributed by atoms with Gasteiger partial charge in [-0.1, -0.05) is 0 Å². The molecule has 1 amide bonds. The highest BCUT2D eigenvalue weighted by atomic mass is 32.1. The van der Waals surface area contributed by atoms with Crippen LogP contribution in [-0.4, -0.2) is 24.4 Å². The molecular weight excluding hydrogens is 232 g/mol. The molecule has 17 heavy (non-hydrogen) atoms. The molecule has 0 aliphatic heterocycles. The summed E-state index contributed by atoms with van der Waals surface area (Å²) in [5, 5.41) is 8.51. The second kappa shape index (κ2) is 5.33. The van der Waals surface area contributed by atoms with Gasteiger partial charge in [-0.2, -0.15) is 5.26 Å². The molecule has 1 aromatic heterocycles. The molecule has 0 bridgehead atoms. The van der Waals surface area contributed by atoms with Gasteiger partial charge in [0.1, 0.15) is 0 Å². The van der Waals surface area contributed by atoms with Gasteiger partial charge < -0.3 is 4.90 Å². The van der Waals surface area contributed by atoms with Gasteiger partial charge in [-0.25, -0.2) is 0 Å². The lowest BCUT2D eigenvalue weighted by Crippen LogP contribution is -2.26. The number of hydrogen-bond acceptors (Lipinski definition) is 3. The van der Waals surface area contributed by atoms with Gasteiger partial charge in [0.05, 0.1) is 17.4 Å². The van der Waals surface area contributed by atoms with Crippen molar-refractivity contribution >= 4 is 17.2 Å². The first kappa shape index (κ1) is 12.1. The number of hydrogen-bond donors (Lipinski definition) is 0. The highest BCUT2D eigenvalue weighted by Crippen LogP contribution is 2.30. The van der Waals surface area contributed by atoms with Gasteiger partial charge in [0, 0.05) is 18.5 Å². The van der Waals surface area contributed by atoms with Crippen LogP contribution in [0.4, 0.5) is 0 Å². The van der Waals surface area contributed by atoms with Gasteiger partial charge in [-0.15, -0.1) is 11.3 Å². The fourth-order valence-electron chi connectivity index (χ4n) is 2.10. The second-order valence-corrected chi connectivity index (χ2v) is 5.54. The van der Waals surface area contributed by atoms with E-state index in [0.717, 1.165) is 17.7 Å². The molecule has 4 heteroatoms. The topological polar surface area (TPSA) is 44.1 Å². The third-order valence-corrected chi connectivity index (χ3v) is 4.34. The summed E-state index contributed by atoms with van der Waals surface area (Å²) in [6.07, 6.45) is 5.11. The van der Waals surface area contributed by atoms with Crippen LogP contribution < -0.4 is 0 Å². The van der Waals surface area contributed by atoms with Crippen molar-refractivity contribution in [3.63, 3.8) is 0 Å². The average Bonchev–Trinajstić information content (AvgIpc) is 2.78. The molecule has 0 radical (unpaired) electrons. The number of amides is 1. The van der Waals surface area contributed by atoms with E-state index in [1.807, 2.05) is 6.07 Å². The maximum absolute atomic E-state index is 12.1. The van der Waals surface area contributed by atoms with Crippen molar-refractivity contribution < 1.29 is 4.79 Å². The van der Waals surface area contributed by atoms with Crippen LogP contribution >= 0.6 is 11.3 Å². The molecular formula is C13H16N2OS. The highest BCUT2D eigenvalue weighted by molar-refractivity contribution is 7.14. The molecule has 1 heterocycles. The fraction of sp³-hybridized carbons (Fsp3) is 0.538. The smallest absolute Gasteiger partial charge is 0.263 e. The van der Waals surface area contributed by atoms with Crippen molar-refractivity contribution in [3.8, 4) is 6.07 Å². The highest BCUT2D eigenvalue weighted by Gasteiger charge is 2.19. The largest absolute Gasteiger partial charge is 0.340 e. The predicted octanol–water partition coefficient (Wildman–Crippen LogP) is 2.61. The molecule has 3 nitrogen and oxygen atoms in total. The summed E-state index contributed by atoms with van der Waals surface area (Å²) >= 11 is 1.63. The van der Waals surface area contributed by atoms with Crippen molar-refractivity contribution in [3.05, 3.63) is 21.4 Å². The first-order chi connectivity index (χ1) is 8.22. The Bertz CT molecular complexity index is 435. The van der Waals surface area contributed by atoms with Crippen molar-refractivity contribution in [2.45, 2.75) is 32.1 Å². The molecule has 1 aliphatic rings. The lowest BCUT2D eigenvalue weighted by Gasteiger charge is -2.13. The van der Waals surface area contributed by atoms with E-state index in [2.05, 4.69) is 6.07 Å². The third-order valence-electron chi connectivity index (χ3n) is 3.11. The molecule has 0 spiro atoms. The molecule has 90 valence electrons. The quantitative estimate of drug-likeness (QED) is 0.825. The molecule has 0 aromatic carbocycles. The molecule has 0 unspecified atom stereocenters. The van der Waals surface area contributed by atoms with E-state index in [4.69, 9.17) is 5.26 Å². The minimum absolute atomic E-state index is 0.0552. The number of nitrogens with zero attached hydrogens (tertiary/aromatic N) is 2. The number of aryl methyl sites for hydroxylation is 2. The van der Waals surface area contributed by atoms with Crippen molar-refractivity contribution in [1.82, 2.24) is 4.90 Å². The number of carbonyl (C=O) groups excluding carboxylic acids is 1. The molecule has 1 aliphatic carbocycles. The van der Waals surface area contributed by atoms with E-state index >= 15 is 0 Å². The lowest BCUT2D eigenvalue weighted by atomic mass is 9.99. The molecule has 1 aromatic rings. The van der Waals surface area contributed by atoms with E-state index in [0.29, 0.717) is 13.0 Å². The number of carbonyl (C=O) groups is 1. The summed E-state index contributed by atoms with van der Waals surface area (Å²) < 4.78 is 0. The summed E-state index contributed by atoms with van der Waals surface area (Å²) in [4.78, 5) is 15.9. The number of rotatable bonds is 3. The summed E-state index contributed by atoms with van der Waals surface area (Å²) in [6, 6.07) is 4.11. The summed E-state index contributed by atoms with van der Waals surface area (Å²) in [6.45, 7) is 0.512. The molecule has 0 atom stereocenters. The van der Waals surface area contributed by atoms with Crippen LogP contribution in [0, 0.1) is 11.3 Å². The first-order valence-corrected chi connectivity index (χ1v) is 6.78. The zero-order chi connectivity index (χ0) is 12.3. The normalized spacial score (nSPS) is 13.9. The van der Waals surface area contributed by atoms with Crippen LogP contribution in [0.15, 0.2) is 6.07 Å². The van der Waals surface area contributed by atoms with Gasteiger partial charge in [0.2, 0.25) is 0 Å². The second-order valence-electron chi connectivity index (χ2n) is 4.40. The Morgan fingerprint density at radius 3 is 3.00 bits per heavy atom. The Kier molecular flexibility index (Phi) is 3.80. The van der Waals surface area contributed by atoms with E-state index in [-0.39, 0.29) is 5.91 Å². The Morgan fingerprint density at radius 2 is 2.29 bits per heavy atom. The average molecular weight is 248 g/mol. The van der Waals surface area contributed by atoms with Crippen LogP contribution in [0.2, 0.25) is 0 Å². The van der Waals surface area contributed by atoms with E-state index in [9.17, 15) is 4.79 Å². The predicted molar refractivity (Wildman–Crippen MR) is 68.2 cm³/mol. The van der Waals surface area contributed by atoms with Gasteiger partial charge in [0.25, 0.3) is 5.91 Å². The molecule has 2 rings (SSSR count). The van der Waals surface area contributed by atoms with E-state index in [1.165, 1.54) is 23.3 Å². The first-order valence-electron chi connectivity index (χ1n) is 5.96. The molecule has 0 fully saturated rings. The van der Waals surface area contributed by atoms with Crippen LogP contribution in [-0.2, 0) is 12.8 Å². The summed E-state index contributed by atoms with van der Waals surface area (Å²) in [5.41, 5.74) is 1.36. The maximum Gasteiger partial charge on any atom is 0.263 e. The van der Waals surface area contributed by atoms with Crippen LogP contribution in [0.25, 0.3) is 0 Å². The van der Waals surface area contributed by atoms with Gasteiger partial charge in [-0.3, -0.25) is 4.79 Å². The van der Waals surface area contributed by atoms with Gasteiger partial charge in [0.15, 0.2) is 0 Å². The maximum atomic E-state index is 12.1. The van der Waals surface area contributed by atoms with Crippen LogP contribution in [0.1, 0.15) is 39.4 Å².